The van der Waals surface area contributed by atoms with Crippen molar-refractivity contribution < 1.29 is 9.59 Å². The van der Waals surface area contributed by atoms with Crippen molar-refractivity contribution in [3.8, 4) is 0 Å². The zero-order valence-corrected chi connectivity index (χ0v) is 16.1. The second kappa shape index (κ2) is 9.18. The first kappa shape index (κ1) is 19.7. The Morgan fingerprint density at radius 1 is 1.04 bits per heavy atom. The normalized spacial score (nSPS) is 11.7. The number of carbonyl (C=O) groups is 2. The summed E-state index contributed by atoms with van der Waals surface area (Å²) < 4.78 is 0. The van der Waals surface area contributed by atoms with Gasteiger partial charge in [-0.3, -0.25) is 9.59 Å². The van der Waals surface area contributed by atoms with Gasteiger partial charge in [0.25, 0.3) is 5.91 Å². The molecule has 0 heterocycles. The minimum atomic E-state index is -0.217. The van der Waals surface area contributed by atoms with E-state index in [4.69, 9.17) is 0 Å². The van der Waals surface area contributed by atoms with Crippen molar-refractivity contribution >= 4 is 11.8 Å². The van der Waals surface area contributed by atoms with Crippen LogP contribution in [0.4, 0.5) is 0 Å². The topological polar surface area (TPSA) is 49.4 Å². The summed E-state index contributed by atoms with van der Waals surface area (Å²) in [5, 5.41) is 2.76. The van der Waals surface area contributed by atoms with Gasteiger partial charge in [-0.1, -0.05) is 43.3 Å². The predicted molar refractivity (Wildman–Crippen MR) is 105 cm³/mol. The molecule has 2 rings (SSSR count). The van der Waals surface area contributed by atoms with Gasteiger partial charge in [-0.2, -0.15) is 0 Å². The Kier molecular flexibility index (Phi) is 6.96. The third kappa shape index (κ3) is 5.19. The molecule has 2 aromatic rings. The number of hydrogen-bond acceptors (Lipinski definition) is 2. The molecule has 4 nitrogen and oxygen atoms in total. The van der Waals surface area contributed by atoms with Crippen LogP contribution in [0.5, 0.6) is 0 Å². The molecule has 0 aliphatic carbocycles. The minimum absolute atomic E-state index is 0.00291. The molecule has 0 aromatic heterocycles. The molecule has 0 saturated carbocycles. The van der Waals surface area contributed by atoms with Crippen LogP contribution in [-0.2, 0) is 11.3 Å². The maximum absolute atomic E-state index is 12.7. The van der Waals surface area contributed by atoms with E-state index < -0.39 is 0 Å². The monoisotopic (exact) mass is 352 g/mol. The first-order valence-corrected chi connectivity index (χ1v) is 9.11. The summed E-state index contributed by atoms with van der Waals surface area (Å²) in [4.78, 5) is 26.9. The van der Waals surface area contributed by atoms with E-state index >= 15 is 0 Å². The van der Waals surface area contributed by atoms with E-state index in [0.29, 0.717) is 12.1 Å². The predicted octanol–water partition coefficient (Wildman–Crippen LogP) is 3.86. The van der Waals surface area contributed by atoms with Crippen LogP contribution in [0, 0.1) is 13.8 Å². The Bertz CT molecular complexity index is 756. The number of nitrogens with one attached hydrogen (secondary N) is 1. The van der Waals surface area contributed by atoms with Crippen molar-refractivity contribution in [3.05, 3.63) is 70.8 Å². The van der Waals surface area contributed by atoms with Gasteiger partial charge in [0.15, 0.2) is 0 Å². The number of carbonyl (C=O) groups excluding carboxylic acids is 2. The molecule has 0 bridgehead atoms. The fourth-order valence-corrected chi connectivity index (χ4v) is 2.73. The smallest absolute Gasteiger partial charge is 0.251 e. The van der Waals surface area contributed by atoms with Gasteiger partial charge >= 0.3 is 0 Å². The second-order valence-electron chi connectivity index (χ2n) is 6.75. The van der Waals surface area contributed by atoms with E-state index in [1.165, 1.54) is 0 Å². The summed E-state index contributed by atoms with van der Waals surface area (Å²) in [7, 11) is 0. The lowest BCUT2D eigenvalue weighted by atomic mass is 10.1. The van der Waals surface area contributed by atoms with Gasteiger partial charge in [-0.25, -0.2) is 0 Å². The van der Waals surface area contributed by atoms with Crippen LogP contribution in [0.2, 0.25) is 0 Å². The standard InChI is InChI=1S/C22H28N2O2/c1-5-18(4)24(15-19-9-7-6-8-10-19)21(25)14-23-22(26)20-12-11-16(2)17(3)13-20/h6-13,18H,5,14-15H2,1-4H3,(H,23,26). The van der Waals surface area contributed by atoms with Gasteiger partial charge in [-0.15, -0.1) is 0 Å². The summed E-state index contributed by atoms with van der Waals surface area (Å²) in [5.41, 5.74) is 3.87. The van der Waals surface area contributed by atoms with Crippen molar-refractivity contribution in [3.63, 3.8) is 0 Å². The van der Waals surface area contributed by atoms with E-state index in [2.05, 4.69) is 12.2 Å². The molecule has 1 N–H and O–H groups in total. The maximum atomic E-state index is 12.7. The molecular formula is C22H28N2O2. The molecule has 0 aliphatic heterocycles. The largest absolute Gasteiger partial charge is 0.343 e. The van der Waals surface area contributed by atoms with E-state index in [0.717, 1.165) is 23.1 Å². The Morgan fingerprint density at radius 2 is 1.73 bits per heavy atom. The third-order valence-electron chi connectivity index (χ3n) is 4.81. The van der Waals surface area contributed by atoms with E-state index in [9.17, 15) is 9.59 Å². The molecule has 2 amide bonds. The molecule has 0 aliphatic rings. The molecular weight excluding hydrogens is 324 g/mol. The highest BCUT2D eigenvalue weighted by atomic mass is 16.2. The third-order valence-corrected chi connectivity index (χ3v) is 4.81. The van der Waals surface area contributed by atoms with Gasteiger partial charge in [0, 0.05) is 18.2 Å². The van der Waals surface area contributed by atoms with E-state index in [1.54, 1.807) is 6.07 Å². The average molecular weight is 352 g/mol. The Balaban J connectivity index is 2.02. The molecule has 1 unspecified atom stereocenters. The number of aryl methyl sites for hydroxylation is 2. The molecule has 0 saturated heterocycles. The lowest BCUT2D eigenvalue weighted by molar-refractivity contribution is -0.132. The van der Waals surface area contributed by atoms with E-state index in [1.807, 2.05) is 68.1 Å². The SMILES string of the molecule is CCC(C)N(Cc1ccccc1)C(=O)CNC(=O)c1ccc(C)c(C)c1. The quantitative estimate of drug-likeness (QED) is 0.822. The molecule has 0 radical (unpaired) electrons. The number of nitrogens with zero attached hydrogens (tertiary/aromatic N) is 1. The van der Waals surface area contributed by atoms with Crippen molar-refractivity contribution in [1.82, 2.24) is 10.2 Å². The van der Waals surface area contributed by atoms with Crippen LogP contribution in [0.3, 0.4) is 0 Å². The zero-order valence-electron chi connectivity index (χ0n) is 16.1. The first-order valence-electron chi connectivity index (χ1n) is 9.11. The highest BCUT2D eigenvalue weighted by Gasteiger charge is 2.20. The fraction of sp³-hybridized carbons (Fsp3) is 0.364. The van der Waals surface area contributed by atoms with Crippen LogP contribution < -0.4 is 5.32 Å². The molecule has 2 aromatic carbocycles. The van der Waals surface area contributed by atoms with Crippen LogP contribution >= 0.6 is 0 Å². The van der Waals surface area contributed by atoms with Crippen molar-refractivity contribution in [1.29, 1.82) is 0 Å². The van der Waals surface area contributed by atoms with Crippen molar-refractivity contribution in [2.24, 2.45) is 0 Å². The minimum Gasteiger partial charge on any atom is -0.343 e. The number of benzene rings is 2. The average Bonchev–Trinajstić information content (AvgIpc) is 2.66. The number of rotatable bonds is 7. The highest BCUT2D eigenvalue weighted by molar-refractivity contribution is 5.96. The second-order valence-corrected chi connectivity index (χ2v) is 6.75. The number of amides is 2. The molecule has 26 heavy (non-hydrogen) atoms. The Labute approximate surface area is 156 Å². The Morgan fingerprint density at radius 3 is 2.35 bits per heavy atom. The first-order chi connectivity index (χ1) is 12.4. The maximum Gasteiger partial charge on any atom is 0.251 e. The molecule has 4 heteroatoms. The molecule has 1 atom stereocenters. The van der Waals surface area contributed by atoms with E-state index in [-0.39, 0.29) is 24.4 Å². The van der Waals surface area contributed by atoms with Gasteiger partial charge in [-0.05, 0) is 56.0 Å². The van der Waals surface area contributed by atoms with Gasteiger partial charge in [0.05, 0.1) is 6.54 Å². The van der Waals surface area contributed by atoms with Gasteiger partial charge in [0.1, 0.15) is 0 Å². The van der Waals surface area contributed by atoms with Crippen LogP contribution in [-0.4, -0.2) is 29.3 Å². The number of hydrogen-bond donors (Lipinski definition) is 1. The van der Waals surface area contributed by atoms with Crippen LogP contribution in [0.15, 0.2) is 48.5 Å². The summed E-state index contributed by atoms with van der Waals surface area (Å²) in [6, 6.07) is 15.6. The lowest BCUT2D eigenvalue weighted by Crippen LogP contribution is -2.44. The zero-order chi connectivity index (χ0) is 19.1. The van der Waals surface area contributed by atoms with Crippen molar-refractivity contribution in [2.45, 2.75) is 46.7 Å². The summed E-state index contributed by atoms with van der Waals surface area (Å²) in [6.45, 7) is 8.63. The van der Waals surface area contributed by atoms with Gasteiger partial charge < -0.3 is 10.2 Å². The van der Waals surface area contributed by atoms with Crippen molar-refractivity contribution in [2.75, 3.05) is 6.54 Å². The fourth-order valence-electron chi connectivity index (χ4n) is 2.73. The molecule has 0 spiro atoms. The van der Waals surface area contributed by atoms with Crippen LogP contribution in [0.1, 0.15) is 47.3 Å². The lowest BCUT2D eigenvalue weighted by Gasteiger charge is -2.29. The van der Waals surface area contributed by atoms with Gasteiger partial charge in [0.2, 0.25) is 5.91 Å². The summed E-state index contributed by atoms with van der Waals surface area (Å²) >= 11 is 0. The Hall–Kier alpha value is -2.62. The summed E-state index contributed by atoms with van der Waals surface area (Å²) in [6.07, 6.45) is 0.865. The molecule has 138 valence electrons. The summed E-state index contributed by atoms with van der Waals surface area (Å²) in [5.74, 6) is -0.286. The molecule has 0 fully saturated rings. The highest BCUT2D eigenvalue weighted by Crippen LogP contribution is 2.12. The van der Waals surface area contributed by atoms with Crippen LogP contribution in [0.25, 0.3) is 0 Å².